The number of carbonyl (C=O) groups is 2. The summed E-state index contributed by atoms with van der Waals surface area (Å²) in [6.07, 6.45) is 0.844. The Morgan fingerprint density at radius 2 is 1.96 bits per heavy atom. The number of methoxy groups -OCH3 is 1. The molecule has 1 saturated carbocycles. The Hall–Kier alpha value is -2.82. The van der Waals surface area contributed by atoms with Crippen LogP contribution in [0, 0.1) is 5.92 Å². The first kappa shape index (κ1) is 16.1. The highest BCUT2D eigenvalue weighted by Gasteiger charge is 2.43. The molecular formula is C19H19NO4. The molecular weight excluding hydrogens is 306 g/mol. The van der Waals surface area contributed by atoms with Gasteiger partial charge in [0.05, 0.1) is 12.7 Å². The first-order valence-electron chi connectivity index (χ1n) is 7.82. The minimum absolute atomic E-state index is 0.00426. The summed E-state index contributed by atoms with van der Waals surface area (Å²) in [5, 5.41) is 11.8. The van der Waals surface area contributed by atoms with Crippen molar-refractivity contribution in [2.24, 2.45) is 5.92 Å². The normalized spacial score (nSPS) is 18.7. The highest BCUT2D eigenvalue weighted by Crippen LogP contribution is 2.48. The van der Waals surface area contributed by atoms with Gasteiger partial charge in [0.1, 0.15) is 5.75 Å². The van der Waals surface area contributed by atoms with Gasteiger partial charge < -0.3 is 15.2 Å². The average molecular weight is 325 g/mol. The lowest BCUT2D eigenvalue weighted by Gasteiger charge is -2.06. The lowest BCUT2D eigenvalue weighted by molar-refractivity contribution is -0.122. The van der Waals surface area contributed by atoms with Crippen molar-refractivity contribution in [3.8, 4) is 5.75 Å². The Morgan fingerprint density at radius 3 is 2.62 bits per heavy atom. The second-order valence-electron chi connectivity index (χ2n) is 5.95. The molecule has 0 spiro atoms. The molecule has 0 aliphatic heterocycles. The number of hydrogen-bond acceptors (Lipinski definition) is 3. The summed E-state index contributed by atoms with van der Waals surface area (Å²) in [6.45, 7) is 0.403. The van der Waals surface area contributed by atoms with Crippen LogP contribution in [0.4, 0.5) is 0 Å². The van der Waals surface area contributed by atoms with Crippen LogP contribution in [0.25, 0.3) is 0 Å². The maximum absolute atomic E-state index is 12.3. The molecule has 5 nitrogen and oxygen atoms in total. The standard InChI is InChI=1S/C19H19NO4/c1-24-15-4-2-3-14(9-15)16-10-17(16)18(21)20-11-12-5-7-13(8-6-12)19(22)23/h2-9,16-17H,10-11H2,1H3,(H,20,21)(H,22,23). The van der Waals surface area contributed by atoms with Crippen molar-refractivity contribution < 1.29 is 19.4 Å². The number of carboxylic acid groups (broad SMARTS) is 1. The SMILES string of the molecule is COc1cccc(C2CC2C(=O)NCc2ccc(C(=O)O)cc2)c1. The molecule has 0 heterocycles. The molecule has 2 aromatic rings. The van der Waals surface area contributed by atoms with E-state index in [4.69, 9.17) is 9.84 Å². The van der Waals surface area contributed by atoms with Crippen LogP contribution in [0.15, 0.2) is 48.5 Å². The van der Waals surface area contributed by atoms with Crippen molar-refractivity contribution in [2.75, 3.05) is 7.11 Å². The Bertz CT molecular complexity index is 754. The Labute approximate surface area is 140 Å². The Balaban J connectivity index is 1.54. The highest BCUT2D eigenvalue weighted by atomic mass is 16.5. The molecule has 1 aliphatic rings. The van der Waals surface area contributed by atoms with Gasteiger partial charge in [-0.2, -0.15) is 0 Å². The van der Waals surface area contributed by atoms with E-state index in [0.29, 0.717) is 6.54 Å². The van der Waals surface area contributed by atoms with Crippen molar-refractivity contribution in [1.29, 1.82) is 0 Å². The number of carboxylic acids is 1. The minimum atomic E-state index is -0.954. The molecule has 5 heteroatoms. The molecule has 2 unspecified atom stereocenters. The van der Waals surface area contributed by atoms with Gasteiger partial charge in [-0.15, -0.1) is 0 Å². The fourth-order valence-electron chi connectivity index (χ4n) is 2.81. The van der Waals surface area contributed by atoms with E-state index in [1.165, 1.54) is 0 Å². The van der Waals surface area contributed by atoms with E-state index in [1.807, 2.05) is 24.3 Å². The van der Waals surface area contributed by atoms with Crippen LogP contribution in [-0.2, 0) is 11.3 Å². The van der Waals surface area contributed by atoms with Gasteiger partial charge in [-0.05, 0) is 47.7 Å². The number of benzene rings is 2. The van der Waals surface area contributed by atoms with Crippen LogP contribution < -0.4 is 10.1 Å². The van der Waals surface area contributed by atoms with Crippen molar-refractivity contribution in [3.05, 3.63) is 65.2 Å². The number of carbonyl (C=O) groups excluding carboxylic acids is 1. The molecule has 24 heavy (non-hydrogen) atoms. The number of nitrogens with one attached hydrogen (secondary N) is 1. The van der Waals surface area contributed by atoms with Crippen LogP contribution in [-0.4, -0.2) is 24.1 Å². The summed E-state index contributed by atoms with van der Waals surface area (Å²) < 4.78 is 5.22. The van der Waals surface area contributed by atoms with Crippen molar-refractivity contribution in [3.63, 3.8) is 0 Å². The zero-order valence-corrected chi connectivity index (χ0v) is 13.4. The third-order valence-electron chi connectivity index (χ3n) is 4.32. The molecule has 2 atom stereocenters. The van der Waals surface area contributed by atoms with Gasteiger partial charge in [0.15, 0.2) is 0 Å². The Kier molecular flexibility index (Phi) is 4.51. The van der Waals surface area contributed by atoms with Crippen LogP contribution >= 0.6 is 0 Å². The van der Waals surface area contributed by atoms with Gasteiger partial charge in [-0.1, -0.05) is 24.3 Å². The summed E-state index contributed by atoms with van der Waals surface area (Å²) in [7, 11) is 1.63. The van der Waals surface area contributed by atoms with E-state index in [0.717, 1.165) is 23.3 Å². The number of amides is 1. The molecule has 0 bridgehead atoms. The first-order chi connectivity index (χ1) is 11.6. The smallest absolute Gasteiger partial charge is 0.335 e. The molecule has 0 saturated heterocycles. The van der Waals surface area contributed by atoms with Crippen LogP contribution in [0.5, 0.6) is 5.75 Å². The minimum Gasteiger partial charge on any atom is -0.497 e. The molecule has 1 amide bonds. The lowest BCUT2D eigenvalue weighted by atomic mass is 10.1. The van der Waals surface area contributed by atoms with E-state index in [2.05, 4.69) is 5.32 Å². The van der Waals surface area contributed by atoms with Crippen LogP contribution in [0.1, 0.15) is 33.8 Å². The number of hydrogen-bond donors (Lipinski definition) is 2. The molecule has 1 fully saturated rings. The van der Waals surface area contributed by atoms with Gasteiger partial charge in [0.25, 0.3) is 0 Å². The van der Waals surface area contributed by atoms with E-state index < -0.39 is 5.97 Å². The molecule has 0 aromatic heterocycles. The van der Waals surface area contributed by atoms with E-state index in [9.17, 15) is 9.59 Å². The molecule has 3 rings (SSSR count). The maximum Gasteiger partial charge on any atom is 0.335 e. The molecule has 124 valence electrons. The Morgan fingerprint density at radius 1 is 1.21 bits per heavy atom. The monoisotopic (exact) mass is 325 g/mol. The van der Waals surface area contributed by atoms with E-state index >= 15 is 0 Å². The molecule has 2 N–H and O–H groups in total. The third kappa shape index (κ3) is 3.56. The summed E-state index contributed by atoms with van der Waals surface area (Å²) >= 11 is 0. The predicted molar refractivity (Wildman–Crippen MR) is 89.1 cm³/mol. The molecule has 0 radical (unpaired) electrons. The van der Waals surface area contributed by atoms with E-state index in [1.54, 1.807) is 31.4 Å². The largest absolute Gasteiger partial charge is 0.497 e. The fraction of sp³-hybridized carbons (Fsp3) is 0.263. The number of aromatic carboxylic acids is 1. The summed E-state index contributed by atoms with van der Waals surface area (Å²) in [5.74, 6) is 0.122. The zero-order valence-electron chi connectivity index (χ0n) is 13.4. The van der Waals surface area contributed by atoms with Crippen molar-refractivity contribution >= 4 is 11.9 Å². The van der Waals surface area contributed by atoms with Gasteiger partial charge in [-0.3, -0.25) is 4.79 Å². The maximum atomic E-state index is 12.3. The molecule has 1 aliphatic carbocycles. The third-order valence-corrected chi connectivity index (χ3v) is 4.32. The first-order valence-corrected chi connectivity index (χ1v) is 7.82. The zero-order chi connectivity index (χ0) is 17.1. The lowest BCUT2D eigenvalue weighted by Crippen LogP contribution is -2.24. The predicted octanol–water partition coefficient (Wildman–Crippen LogP) is 2.81. The second-order valence-corrected chi connectivity index (χ2v) is 5.95. The number of rotatable bonds is 6. The van der Waals surface area contributed by atoms with Gasteiger partial charge in [0.2, 0.25) is 5.91 Å². The van der Waals surface area contributed by atoms with Crippen molar-refractivity contribution in [2.45, 2.75) is 18.9 Å². The van der Waals surface area contributed by atoms with Crippen molar-refractivity contribution in [1.82, 2.24) is 5.32 Å². The van der Waals surface area contributed by atoms with Gasteiger partial charge >= 0.3 is 5.97 Å². The number of ether oxygens (including phenoxy) is 1. The van der Waals surface area contributed by atoms with Crippen LogP contribution in [0.3, 0.4) is 0 Å². The highest BCUT2D eigenvalue weighted by molar-refractivity contribution is 5.87. The van der Waals surface area contributed by atoms with Crippen LogP contribution in [0.2, 0.25) is 0 Å². The topological polar surface area (TPSA) is 75.6 Å². The summed E-state index contributed by atoms with van der Waals surface area (Å²) in [5.41, 5.74) is 2.25. The fourth-order valence-corrected chi connectivity index (χ4v) is 2.81. The average Bonchev–Trinajstić information content (AvgIpc) is 3.41. The quantitative estimate of drug-likeness (QED) is 0.856. The van der Waals surface area contributed by atoms with Gasteiger partial charge in [-0.25, -0.2) is 4.79 Å². The molecule has 2 aromatic carbocycles. The van der Waals surface area contributed by atoms with E-state index in [-0.39, 0.29) is 23.3 Å². The van der Waals surface area contributed by atoms with Gasteiger partial charge in [0, 0.05) is 12.5 Å². The summed E-state index contributed by atoms with van der Waals surface area (Å²) in [6, 6.07) is 14.3. The summed E-state index contributed by atoms with van der Waals surface area (Å²) in [4.78, 5) is 23.1. The second kappa shape index (κ2) is 6.74.